The Morgan fingerprint density at radius 1 is 0.339 bits per heavy atom. The molecule has 5 aromatic carbocycles. The molecule has 0 aromatic heterocycles. The van der Waals surface area contributed by atoms with Crippen LogP contribution in [0.1, 0.15) is 78.5 Å². The van der Waals surface area contributed by atoms with Gasteiger partial charge in [-0.25, -0.2) is 24.0 Å². The first kappa shape index (κ1) is 38.2. The lowest BCUT2D eigenvalue weighted by molar-refractivity contribution is -0.136. The van der Waals surface area contributed by atoms with Gasteiger partial charge >= 0.3 is 29.8 Å². The van der Waals surface area contributed by atoms with Crippen LogP contribution in [0.25, 0.3) is 0 Å². The monoisotopic (exact) mass is 892 g/mol. The van der Waals surface area contributed by atoms with Crippen LogP contribution in [0.4, 0.5) is 0 Å². The predicted octanol–water partition coefficient (Wildman–Crippen LogP) is 10.2. The maximum atomic E-state index is 12.9. The minimum Gasteiger partial charge on any atom is -0.478 e. The minimum absolute atomic E-state index is 0.0941. The number of aromatic carboxylic acids is 1. The molecule has 18 bridgehead atoms. The zero-order valence-electron chi connectivity index (χ0n) is 29.7. The molecule has 4 unspecified atom stereocenters. The Morgan fingerprint density at radius 3 is 0.864 bits per heavy atom. The quantitative estimate of drug-likeness (QED) is 0.105. The second kappa shape index (κ2) is 14.3. The standard InChI is InChI=1S/C43H24O10S6/c44-39(45)34-28-2-1-3-29(34)59-57-19-7-11-23-27(15-19)33-21-9-5-17(13-25(21)31(23)36(41(48)49)38(33)43(52)53)55-54-16-4-8-20-24(12-16)30-22-10-6-18(56-58-28)14-26(22)32(20)37(42(50)51)35(30)40(46)47/h1-15,30-33H,(H,44,45)(H,46,47)(H,48,49)(H,50,51)(H,52,53). The Labute approximate surface area is 358 Å². The summed E-state index contributed by atoms with van der Waals surface area (Å²) in [4.78, 5) is 68.2. The van der Waals surface area contributed by atoms with Crippen LogP contribution in [-0.2, 0) is 19.2 Å². The number of rotatable bonds is 5. The van der Waals surface area contributed by atoms with E-state index >= 15 is 0 Å². The third kappa shape index (κ3) is 5.97. The van der Waals surface area contributed by atoms with E-state index in [9.17, 15) is 49.5 Å². The minimum atomic E-state index is -1.31. The molecule has 4 atom stereocenters. The van der Waals surface area contributed by atoms with Crippen molar-refractivity contribution in [1.82, 2.24) is 0 Å². The second-order valence-corrected chi connectivity index (χ2v) is 21.0. The number of carboxylic acid groups (broad SMARTS) is 5. The number of carbonyl (C=O) groups is 5. The third-order valence-corrected chi connectivity index (χ3v) is 18.5. The highest BCUT2D eigenvalue weighted by molar-refractivity contribution is 8.77. The lowest BCUT2D eigenvalue weighted by atomic mass is 9.61. The van der Waals surface area contributed by atoms with Crippen molar-refractivity contribution < 1.29 is 49.5 Å². The predicted molar refractivity (Wildman–Crippen MR) is 226 cm³/mol. The van der Waals surface area contributed by atoms with E-state index in [4.69, 9.17) is 0 Å². The van der Waals surface area contributed by atoms with Crippen molar-refractivity contribution in [2.45, 2.75) is 53.0 Å². The summed E-state index contributed by atoms with van der Waals surface area (Å²) >= 11 is 0. The molecule has 20 rings (SSSR count). The van der Waals surface area contributed by atoms with Crippen molar-refractivity contribution in [3.05, 3.63) is 163 Å². The van der Waals surface area contributed by atoms with Crippen LogP contribution in [-0.4, -0.2) is 55.4 Å². The zero-order chi connectivity index (χ0) is 41.0. The van der Waals surface area contributed by atoms with Gasteiger partial charge in [0.05, 0.1) is 27.9 Å². The maximum Gasteiger partial charge on any atom is 0.338 e. The molecule has 15 aliphatic rings. The van der Waals surface area contributed by atoms with E-state index in [2.05, 4.69) is 0 Å². The highest BCUT2D eigenvalue weighted by Gasteiger charge is 2.49. The van der Waals surface area contributed by atoms with E-state index in [1.807, 2.05) is 72.8 Å². The molecule has 59 heavy (non-hydrogen) atoms. The number of hydrogen-bond donors (Lipinski definition) is 5. The van der Waals surface area contributed by atoms with E-state index in [0.717, 1.165) is 19.6 Å². The molecule has 5 aromatic rings. The molecule has 0 saturated heterocycles. The molecule has 5 N–H and O–H groups in total. The third-order valence-electron chi connectivity index (χ3n) is 11.3. The molecule has 10 nitrogen and oxygen atoms in total. The fraction of sp³-hybridized carbons (Fsp3) is 0.0930. The zero-order valence-corrected chi connectivity index (χ0v) is 34.6. The van der Waals surface area contributed by atoms with Gasteiger partial charge in [0.15, 0.2) is 0 Å². The van der Waals surface area contributed by atoms with Gasteiger partial charge in [-0.2, -0.15) is 0 Å². The summed E-state index contributed by atoms with van der Waals surface area (Å²) < 4.78 is 0. The van der Waals surface area contributed by atoms with Crippen molar-refractivity contribution in [2.24, 2.45) is 0 Å². The first-order valence-electron chi connectivity index (χ1n) is 17.8. The van der Waals surface area contributed by atoms with Gasteiger partial charge in [-0.15, -0.1) is 0 Å². The van der Waals surface area contributed by atoms with Gasteiger partial charge in [0.1, 0.15) is 0 Å². The summed E-state index contributed by atoms with van der Waals surface area (Å²) in [6, 6.07) is 27.6. The Balaban J connectivity index is 1.14. The molecule has 0 radical (unpaired) electrons. The molecule has 16 heteroatoms. The van der Waals surface area contributed by atoms with E-state index in [0.29, 0.717) is 54.3 Å². The molecule has 9 heterocycles. The topological polar surface area (TPSA) is 186 Å². The first-order valence-corrected chi connectivity index (χ1v) is 24.2. The van der Waals surface area contributed by atoms with Crippen LogP contribution < -0.4 is 0 Å². The molecule has 9 aliphatic heterocycles. The van der Waals surface area contributed by atoms with Crippen LogP contribution >= 0.6 is 64.8 Å². The highest BCUT2D eigenvalue weighted by atomic mass is 33.1. The van der Waals surface area contributed by atoms with Crippen molar-refractivity contribution in [3.8, 4) is 0 Å². The van der Waals surface area contributed by atoms with Gasteiger partial charge in [-0.3, -0.25) is 0 Å². The Bertz CT molecular complexity index is 2700. The van der Waals surface area contributed by atoms with Crippen LogP contribution in [0.3, 0.4) is 0 Å². The van der Waals surface area contributed by atoms with Crippen LogP contribution in [0.5, 0.6) is 0 Å². The average Bonchev–Trinajstić information content (AvgIpc) is 3.22. The highest BCUT2D eigenvalue weighted by Crippen LogP contribution is 2.60. The number of hydrogen-bond acceptors (Lipinski definition) is 11. The van der Waals surface area contributed by atoms with Gasteiger partial charge in [-0.1, -0.05) is 95.1 Å². The van der Waals surface area contributed by atoms with Crippen molar-refractivity contribution in [1.29, 1.82) is 0 Å². The normalized spacial score (nSPS) is 20.7. The summed E-state index contributed by atoms with van der Waals surface area (Å²) in [6.45, 7) is 0. The number of carboxylic acids is 5. The molecular formula is C43H24O10S6. The first-order chi connectivity index (χ1) is 28.4. The summed E-state index contributed by atoms with van der Waals surface area (Å²) in [7, 11) is 7.97. The fourth-order valence-electron chi connectivity index (χ4n) is 9.10. The molecule has 0 spiro atoms. The molecule has 0 fully saturated rings. The van der Waals surface area contributed by atoms with Crippen molar-refractivity contribution in [2.75, 3.05) is 0 Å². The van der Waals surface area contributed by atoms with E-state index in [1.54, 1.807) is 18.2 Å². The van der Waals surface area contributed by atoms with Crippen LogP contribution in [0.15, 0.2) is 143 Å². The SMILES string of the molecule is O=C(O)C1=C(C(=O)O)C2c3ccc4cc3C1c1ccc(cc12)SSc1cccc(c1C(=O)O)SSc1ccc2c(c1)C1C(C(=O)O)=C(C(=O)O)C2c2cc(ccc21)SS4. The lowest BCUT2D eigenvalue weighted by Gasteiger charge is -2.41. The van der Waals surface area contributed by atoms with Gasteiger partial charge in [0.25, 0.3) is 0 Å². The molecule has 0 amide bonds. The second-order valence-electron chi connectivity index (χ2n) is 14.2. The van der Waals surface area contributed by atoms with Gasteiger partial charge in [0.2, 0.25) is 0 Å². The summed E-state index contributed by atoms with van der Waals surface area (Å²) in [5.74, 6) is -9.77. The Kier molecular flexibility index (Phi) is 9.30. The largest absolute Gasteiger partial charge is 0.478 e. The Morgan fingerprint density at radius 2 is 0.610 bits per heavy atom. The number of benzene rings is 5. The van der Waals surface area contributed by atoms with E-state index in [-0.39, 0.29) is 27.9 Å². The van der Waals surface area contributed by atoms with Crippen molar-refractivity contribution >= 4 is 94.6 Å². The number of aliphatic carboxylic acids is 4. The Hall–Kier alpha value is -4.97. The summed E-state index contributed by atoms with van der Waals surface area (Å²) in [5.41, 5.74) is 4.94. The molecule has 0 saturated carbocycles. The smallest absolute Gasteiger partial charge is 0.338 e. The fourth-order valence-corrected chi connectivity index (χ4v) is 15.5. The van der Waals surface area contributed by atoms with Gasteiger partial charge in [-0.05, 0) is 105 Å². The summed E-state index contributed by atoms with van der Waals surface area (Å²) in [5, 5.41) is 52.4. The molecule has 6 aliphatic carbocycles. The van der Waals surface area contributed by atoms with Crippen molar-refractivity contribution in [3.63, 3.8) is 0 Å². The summed E-state index contributed by atoms with van der Waals surface area (Å²) in [6.07, 6.45) is 0. The maximum absolute atomic E-state index is 12.9. The van der Waals surface area contributed by atoms with E-state index in [1.165, 1.54) is 64.8 Å². The molecule has 292 valence electrons. The van der Waals surface area contributed by atoms with Gasteiger partial charge in [0, 0.05) is 53.0 Å². The van der Waals surface area contributed by atoms with Crippen LogP contribution in [0.2, 0.25) is 0 Å². The lowest BCUT2D eigenvalue weighted by Crippen LogP contribution is -2.34. The average molecular weight is 893 g/mol. The van der Waals surface area contributed by atoms with Crippen LogP contribution in [0, 0.1) is 0 Å². The van der Waals surface area contributed by atoms with Gasteiger partial charge < -0.3 is 25.5 Å². The van der Waals surface area contributed by atoms with E-state index < -0.39 is 53.5 Å². The molecular weight excluding hydrogens is 869 g/mol.